The second-order valence-corrected chi connectivity index (χ2v) is 5.93. The van der Waals surface area contributed by atoms with Gasteiger partial charge in [0.1, 0.15) is 0 Å². The second kappa shape index (κ2) is 11.0. The Balaban J connectivity index is 4.67. The SMILES string of the molecule is O=C(C=CCl)[O][Ga]([O]C(=O)C=CCl)[O]C(=O)C=CCl. The van der Waals surface area contributed by atoms with Gasteiger partial charge in [-0.05, 0) is 0 Å². The monoisotopic (exact) mass is 384 g/mol. The van der Waals surface area contributed by atoms with Crippen LogP contribution in [0.15, 0.2) is 34.8 Å². The van der Waals surface area contributed by atoms with Gasteiger partial charge in [0.05, 0.1) is 0 Å². The fourth-order valence-corrected chi connectivity index (χ4v) is 2.93. The molecule has 0 N–H and O–H groups in total. The fourth-order valence-electron chi connectivity index (χ4n) is 0.629. The average molecular weight is 386 g/mol. The Hall–Kier alpha value is -0.864. The third-order valence-electron chi connectivity index (χ3n) is 1.23. The van der Waals surface area contributed by atoms with E-state index < -0.39 is 35.2 Å². The van der Waals surface area contributed by atoms with Crippen LogP contribution in [0.5, 0.6) is 0 Å². The summed E-state index contributed by atoms with van der Waals surface area (Å²) in [7, 11) is 0. The van der Waals surface area contributed by atoms with E-state index in [1.54, 1.807) is 0 Å². The predicted molar refractivity (Wildman–Crippen MR) is 69.0 cm³/mol. The summed E-state index contributed by atoms with van der Waals surface area (Å²) in [5.41, 5.74) is 2.67. The summed E-state index contributed by atoms with van der Waals surface area (Å²) in [5, 5.41) is 0. The first-order chi connectivity index (χ1) is 9.03. The Kier molecular flexibility index (Phi) is 10.5. The summed E-state index contributed by atoms with van der Waals surface area (Å²) in [6.07, 6.45) is 2.57. The Morgan fingerprint density at radius 3 is 1.16 bits per heavy atom. The first-order valence-corrected chi connectivity index (χ1v) is 8.73. The van der Waals surface area contributed by atoms with Gasteiger partial charge in [0.2, 0.25) is 0 Å². The van der Waals surface area contributed by atoms with Crippen LogP contribution in [0.2, 0.25) is 0 Å². The maximum atomic E-state index is 11.1. The Morgan fingerprint density at radius 2 is 0.947 bits per heavy atom. The summed E-state index contributed by atoms with van der Waals surface area (Å²) in [6.45, 7) is 0. The van der Waals surface area contributed by atoms with E-state index in [9.17, 15) is 14.4 Å². The Morgan fingerprint density at radius 1 is 0.684 bits per heavy atom. The van der Waals surface area contributed by atoms with Crippen molar-refractivity contribution in [3.63, 3.8) is 0 Å². The van der Waals surface area contributed by atoms with E-state index in [1.165, 1.54) is 0 Å². The molecule has 0 atom stereocenters. The number of rotatable bonds is 6. The van der Waals surface area contributed by atoms with Crippen molar-refractivity contribution in [1.29, 1.82) is 0 Å². The molecule has 0 unspecified atom stereocenters. The topological polar surface area (TPSA) is 78.9 Å². The van der Waals surface area contributed by atoms with Crippen LogP contribution in [0, 0.1) is 0 Å². The molecule has 0 saturated carbocycles. The maximum absolute atomic E-state index is 11.1. The van der Waals surface area contributed by atoms with Crippen molar-refractivity contribution in [3.8, 4) is 0 Å². The van der Waals surface area contributed by atoms with E-state index in [4.69, 9.17) is 34.8 Å². The second-order valence-electron chi connectivity index (χ2n) is 2.48. The number of carbonyl (C=O) groups is 3. The van der Waals surface area contributed by atoms with Gasteiger partial charge >= 0.3 is 130 Å². The zero-order valence-electron chi connectivity index (χ0n) is 9.12. The quantitative estimate of drug-likeness (QED) is 0.512. The minimum atomic E-state index is -3.90. The minimum absolute atomic E-state index is 0.857. The van der Waals surface area contributed by atoms with Crippen molar-refractivity contribution in [2.45, 2.75) is 0 Å². The van der Waals surface area contributed by atoms with E-state index >= 15 is 0 Å². The van der Waals surface area contributed by atoms with Gasteiger partial charge in [0.25, 0.3) is 0 Å². The van der Waals surface area contributed by atoms with Crippen molar-refractivity contribution in [1.82, 2.24) is 0 Å². The summed E-state index contributed by atoms with van der Waals surface area (Å²) in [4.78, 5) is 33.3. The van der Waals surface area contributed by atoms with E-state index in [0.717, 1.165) is 34.8 Å². The summed E-state index contributed by atoms with van der Waals surface area (Å²) in [6, 6.07) is 0. The molecule has 0 spiro atoms. The van der Waals surface area contributed by atoms with Crippen LogP contribution in [-0.2, 0) is 25.0 Å². The van der Waals surface area contributed by atoms with Crippen molar-refractivity contribution < 1.29 is 25.0 Å². The molecule has 19 heavy (non-hydrogen) atoms. The number of hydrogen-bond donors (Lipinski definition) is 0. The molecule has 0 aliphatic carbocycles. The molecule has 0 rings (SSSR count). The zero-order chi connectivity index (χ0) is 14.7. The zero-order valence-corrected chi connectivity index (χ0v) is 13.8. The number of carbonyl (C=O) groups excluding carboxylic acids is 3. The first kappa shape index (κ1) is 18.1. The Bertz CT molecular complexity index is 358. The van der Waals surface area contributed by atoms with Gasteiger partial charge in [-0.15, -0.1) is 0 Å². The van der Waals surface area contributed by atoms with Crippen LogP contribution >= 0.6 is 34.8 Å². The molecule has 0 saturated heterocycles. The molecule has 102 valence electrons. The molecule has 0 radical (unpaired) electrons. The molecule has 0 amide bonds. The van der Waals surface area contributed by atoms with Crippen molar-refractivity contribution in [3.05, 3.63) is 34.8 Å². The van der Waals surface area contributed by atoms with Gasteiger partial charge in [-0.25, -0.2) is 0 Å². The van der Waals surface area contributed by atoms with Crippen molar-refractivity contribution >= 4 is 70.0 Å². The predicted octanol–water partition coefficient (Wildman–Crippen LogP) is 1.86. The van der Waals surface area contributed by atoms with Crippen LogP contribution in [0.3, 0.4) is 0 Å². The van der Waals surface area contributed by atoms with Gasteiger partial charge < -0.3 is 0 Å². The summed E-state index contributed by atoms with van der Waals surface area (Å²) in [5.74, 6) is -2.74. The molecule has 0 heterocycles. The molecule has 0 aromatic carbocycles. The third kappa shape index (κ3) is 9.68. The van der Waals surface area contributed by atoms with E-state index in [-0.39, 0.29) is 0 Å². The van der Waals surface area contributed by atoms with Crippen LogP contribution in [0.25, 0.3) is 0 Å². The molecule has 0 fully saturated rings. The van der Waals surface area contributed by atoms with E-state index in [0.29, 0.717) is 0 Å². The van der Waals surface area contributed by atoms with Crippen molar-refractivity contribution in [2.75, 3.05) is 0 Å². The van der Waals surface area contributed by atoms with Gasteiger partial charge in [-0.1, -0.05) is 0 Å². The standard InChI is InChI=1S/3C3H3ClO2.Ga/c3*4-2-1-3(5)6;/h3*1-2H,(H,5,6);/q;;;+3/p-3. The molecule has 0 bridgehead atoms. The van der Waals surface area contributed by atoms with Gasteiger partial charge in [-0.2, -0.15) is 0 Å². The first-order valence-electron chi connectivity index (χ1n) is 4.45. The van der Waals surface area contributed by atoms with Crippen LogP contribution < -0.4 is 0 Å². The number of hydrogen-bond acceptors (Lipinski definition) is 6. The van der Waals surface area contributed by atoms with Gasteiger partial charge in [-0.3, -0.25) is 0 Å². The number of halogens is 3. The average Bonchev–Trinajstić information content (AvgIpc) is 2.29. The van der Waals surface area contributed by atoms with Crippen LogP contribution in [0.1, 0.15) is 0 Å². The Labute approximate surface area is 129 Å². The molecule has 0 aliphatic heterocycles. The molecule has 0 aromatic heterocycles. The molecule has 6 nitrogen and oxygen atoms in total. The molecular formula is C9H6Cl3GaO6. The van der Waals surface area contributed by atoms with Gasteiger partial charge in [0.15, 0.2) is 0 Å². The fraction of sp³-hybridized carbons (Fsp3) is 0. The van der Waals surface area contributed by atoms with Gasteiger partial charge in [0, 0.05) is 0 Å². The van der Waals surface area contributed by atoms with E-state index in [1.807, 2.05) is 0 Å². The molecule has 0 aromatic rings. The van der Waals surface area contributed by atoms with Crippen molar-refractivity contribution in [2.24, 2.45) is 0 Å². The summed E-state index contributed by atoms with van der Waals surface area (Å²) >= 11 is 11.6. The normalized spacial score (nSPS) is 10.9. The molecule has 0 aliphatic rings. The molecular weight excluding hydrogens is 380 g/mol. The third-order valence-corrected chi connectivity index (χ3v) is 4.29. The van der Waals surface area contributed by atoms with E-state index in [2.05, 4.69) is 10.6 Å². The summed E-state index contributed by atoms with van der Waals surface area (Å²) < 4.78 is 14.0. The molecule has 10 heteroatoms. The van der Waals surface area contributed by atoms with Crippen LogP contribution in [0.4, 0.5) is 0 Å². The van der Waals surface area contributed by atoms with Crippen LogP contribution in [-0.4, -0.2) is 35.2 Å².